The van der Waals surface area contributed by atoms with Crippen molar-refractivity contribution in [1.29, 1.82) is 0 Å². The number of hydrogen-bond acceptors (Lipinski definition) is 3. The largest absolute Gasteiger partial charge is 0.378 e. The van der Waals surface area contributed by atoms with E-state index in [0.717, 1.165) is 26.2 Å². The second-order valence-electron chi connectivity index (χ2n) is 8.75. The molecule has 1 fully saturated rings. The molecule has 150 valence electrons. The molecular formula is C24H28N3OS+. The van der Waals surface area contributed by atoms with E-state index < -0.39 is 0 Å². The Morgan fingerprint density at radius 3 is 2.66 bits per heavy atom. The molecule has 0 aliphatic carbocycles. The van der Waals surface area contributed by atoms with Crippen LogP contribution < -0.4 is 15.4 Å². The molecule has 0 spiro atoms. The number of benzene rings is 1. The third-order valence-electron chi connectivity index (χ3n) is 6.48. The van der Waals surface area contributed by atoms with Crippen molar-refractivity contribution >= 4 is 17.0 Å². The average Bonchev–Trinajstić information content (AvgIpc) is 3.24. The number of hydrogen-bond donors (Lipinski definition) is 1. The second-order valence-corrected chi connectivity index (χ2v) is 9.70. The molecule has 1 aromatic carbocycles. The molecule has 1 N–H and O–H groups in total. The molecule has 1 unspecified atom stereocenters. The quantitative estimate of drug-likeness (QED) is 0.722. The van der Waals surface area contributed by atoms with E-state index in [1.807, 2.05) is 0 Å². The van der Waals surface area contributed by atoms with Gasteiger partial charge in [0.25, 0.3) is 5.56 Å². The number of piperidine rings is 1. The van der Waals surface area contributed by atoms with Gasteiger partial charge in [0.1, 0.15) is 6.54 Å². The second kappa shape index (κ2) is 7.47. The monoisotopic (exact) mass is 406 g/mol. The molecule has 5 heteroatoms. The normalized spacial score (nSPS) is 22.9. The lowest BCUT2D eigenvalue weighted by molar-refractivity contribution is -0.924. The van der Waals surface area contributed by atoms with E-state index in [-0.39, 0.29) is 5.56 Å². The number of pyridine rings is 1. The van der Waals surface area contributed by atoms with Gasteiger partial charge in [-0.3, -0.25) is 4.79 Å². The maximum atomic E-state index is 12.6. The molecule has 0 saturated carbocycles. The van der Waals surface area contributed by atoms with Gasteiger partial charge in [0, 0.05) is 65.9 Å². The van der Waals surface area contributed by atoms with Gasteiger partial charge in [-0.1, -0.05) is 18.2 Å². The van der Waals surface area contributed by atoms with Crippen LogP contribution in [0.25, 0.3) is 10.4 Å². The van der Waals surface area contributed by atoms with Gasteiger partial charge in [-0.15, -0.1) is 11.3 Å². The van der Waals surface area contributed by atoms with E-state index in [0.29, 0.717) is 11.8 Å². The zero-order valence-electron chi connectivity index (χ0n) is 17.1. The molecule has 3 aromatic rings. The Morgan fingerprint density at radius 1 is 1.10 bits per heavy atom. The molecule has 2 aliphatic heterocycles. The average molecular weight is 407 g/mol. The zero-order valence-corrected chi connectivity index (χ0v) is 17.9. The Hall–Kier alpha value is -2.37. The molecule has 2 aromatic heterocycles. The fourth-order valence-corrected chi connectivity index (χ4v) is 5.98. The van der Waals surface area contributed by atoms with Crippen molar-refractivity contribution in [3.8, 4) is 10.4 Å². The van der Waals surface area contributed by atoms with Crippen LogP contribution in [0.1, 0.15) is 23.6 Å². The van der Waals surface area contributed by atoms with Gasteiger partial charge >= 0.3 is 0 Å². The van der Waals surface area contributed by atoms with Crippen LogP contribution in [-0.2, 0) is 13.1 Å². The summed E-state index contributed by atoms with van der Waals surface area (Å²) in [7, 11) is 4.16. The van der Waals surface area contributed by atoms with E-state index >= 15 is 0 Å². The molecule has 5 rings (SSSR count). The Balaban J connectivity index is 1.43. The number of nitrogens with one attached hydrogen (secondary N) is 1. The Bertz CT molecular complexity index is 1050. The van der Waals surface area contributed by atoms with Crippen LogP contribution in [0, 0.1) is 5.92 Å². The molecular weight excluding hydrogens is 378 g/mol. The highest BCUT2D eigenvalue weighted by molar-refractivity contribution is 7.13. The summed E-state index contributed by atoms with van der Waals surface area (Å²) in [6, 6.07) is 17.0. The summed E-state index contributed by atoms with van der Waals surface area (Å²) >= 11 is 1.77. The SMILES string of the molecule is CN(C)c1ccc(C[NH+]2C[C@@H]3C[C@H](C2)c2c(-c4cccs4)ccc(=O)n2C3)cc1. The van der Waals surface area contributed by atoms with Gasteiger partial charge in [-0.05, 0) is 36.1 Å². The van der Waals surface area contributed by atoms with Gasteiger partial charge in [-0.2, -0.15) is 0 Å². The van der Waals surface area contributed by atoms with Crippen molar-refractivity contribution in [3.05, 3.63) is 75.5 Å². The first-order chi connectivity index (χ1) is 14.1. The maximum absolute atomic E-state index is 12.6. The van der Waals surface area contributed by atoms with Gasteiger partial charge in [0.2, 0.25) is 0 Å². The smallest absolute Gasteiger partial charge is 0.250 e. The number of fused-ring (bicyclic) bond motifs is 4. The number of thiophene rings is 1. The number of quaternary nitrogens is 1. The predicted molar refractivity (Wildman–Crippen MR) is 120 cm³/mol. The summed E-state index contributed by atoms with van der Waals surface area (Å²) in [6.45, 7) is 4.19. The van der Waals surface area contributed by atoms with Crippen molar-refractivity contribution in [2.24, 2.45) is 5.92 Å². The lowest BCUT2D eigenvalue weighted by Crippen LogP contribution is -3.13. The molecule has 29 heavy (non-hydrogen) atoms. The fraction of sp³-hybridized carbons (Fsp3) is 0.375. The number of rotatable bonds is 4. The molecule has 2 aliphatic rings. The number of nitrogens with zero attached hydrogens (tertiary/aromatic N) is 2. The van der Waals surface area contributed by atoms with Crippen LogP contribution in [0.5, 0.6) is 0 Å². The van der Waals surface area contributed by atoms with Gasteiger partial charge < -0.3 is 14.4 Å². The van der Waals surface area contributed by atoms with Gasteiger partial charge in [0.05, 0.1) is 13.1 Å². The first-order valence-corrected chi connectivity index (χ1v) is 11.3. The minimum atomic E-state index is 0.165. The molecule has 4 nitrogen and oxygen atoms in total. The van der Waals surface area contributed by atoms with E-state index in [4.69, 9.17) is 0 Å². The van der Waals surface area contributed by atoms with Crippen LogP contribution in [0.3, 0.4) is 0 Å². The van der Waals surface area contributed by atoms with Gasteiger partial charge in [0.15, 0.2) is 0 Å². The predicted octanol–water partition coefficient (Wildman–Crippen LogP) is 2.85. The lowest BCUT2D eigenvalue weighted by atomic mass is 9.81. The highest BCUT2D eigenvalue weighted by atomic mass is 32.1. The van der Waals surface area contributed by atoms with E-state index in [9.17, 15) is 4.79 Å². The summed E-state index contributed by atoms with van der Waals surface area (Å²) in [5, 5.41) is 2.12. The number of anilines is 1. The van der Waals surface area contributed by atoms with Crippen LogP contribution in [0.2, 0.25) is 0 Å². The highest BCUT2D eigenvalue weighted by Crippen LogP contribution is 2.38. The minimum Gasteiger partial charge on any atom is -0.378 e. The van der Waals surface area contributed by atoms with E-state index in [1.54, 1.807) is 22.3 Å². The topological polar surface area (TPSA) is 29.7 Å². The van der Waals surface area contributed by atoms with Gasteiger partial charge in [-0.25, -0.2) is 0 Å². The summed E-state index contributed by atoms with van der Waals surface area (Å²) < 4.78 is 2.08. The molecule has 3 atom stereocenters. The molecule has 4 heterocycles. The van der Waals surface area contributed by atoms with Crippen molar-refractivity contribution in [3.63, 3.8) is 0 Å². The Kier molecular flexibility index (Phi) is 4.80. The van der Waals surface area contributed by atoms with E-state index in [2.05, 4.69) is 71.4 Å². The van der Waals surface area contributed by atoms with Crippen molar-refractivity contribution in [2.75, 3.05) is 32.1 Å². The maximum Gasteiger partial charge on any atom is 0.250 e. The minimum absolute atomic E-state index is 0.165. The number of likely N-dealkylation sites (tertiary alicyclic amines) is 1. The van der Waals surface area contributed by atoms with Crippen LogP contribution in [-0.4, -0.2) is 31.8 Å². The van der Waals surface area contributed by atoms with Crippen molar-refractivity contribution < 1.29 is 4.90 Å². The van der Waals surface area contributed by atoms with Crippen LogP contribution in [0.15, 0.2) is 58.7 Å². The van der Waals surface area contributed by atoms with E-state index in [1.165, 1.54) is 33.8 Å². The fourth-order valence-electron chi connectivity index (χ4n) is 5.22. The molecule has 0 radical (unpaired) electrons. The zero-order chi connectivity index (χ0) is 20.0. The Morgan fingerprint density at radius 2 is 1.93 bits per heavy atom. The molecule has 2 bridgehead atoms. The van der Waals surface area contributed by atoms with Crippen LogP contribution in [0.4, 0.5) is 5.69 Å². The summed E-state index contributed by atoms with van der Waals surface area (Å²) in [6.07, 6.45) is 1.21. The first kappa shape index (κ1) is 18.6. The number of aromatic nitrogens is 1. The standard InChI is InChI=1S/C24H27N3OS/c1-25(2)20-7-5-17(6-8-20)13-26-14-18-12-19(16-26)24-21(22-4-3-11-29-22)9-10-23(28)27(24)15-18/h3-11,18-19H,12-16H2,1-2H3/p+1/t18-,19+/m0/s1. The molecule has 1 saturated heterocycles. The first-order valence-electron chi connectivity index (χ1n) is 10.5. The van der Waals surface area contributed by atoms with Crippen molar-refractivity contribution in [1.82, 2.24) is 4.57 Å². The summed E-state index contributed by atoms with van der Waals surface area (Å²) in [5.74, 6) is 1.05. The highest BCUT2D eigenvalue weighted by Gasteiger charge is 2.38. The summed E-state index contributed by atoms with van der Waals surface area (Å²) in [5.41, 5.74) is 5.34. The molecule has 0 amide bonds. The third kappa shape index (κ3) is 3.53. The van der Waals surface area contributed by atoms with Crippen molar-refractivity contribution in [2.45, 2.75) is 25.4 Å². The summed E-state index contributed by atoms with van der Waals surface area (Å²) in [4.78, 5) is 17.7. The Labute approximate surface area is 176 Å². The third-order valence-corrected chi connectivity index (χ3v) is 7.38. The van der Waals surface area contributed by atoms with Crippen LogP contribution >= 0.6 is 11.3 Å². The lowest BCUT2D eigenvalue weighted by Gasteiger charge is -2.41.